The molecule has 0 heterocycles. The van der Waals surface area contributed by atoms with E-state index in [1.807, 2.05) is 6.92 Å². The van der Waals surface area contributed by atoms with Crippen LogP contribution in [0.4, 0.5) is 0 Å². The maximum absolute atomic E-state index is 4.24. The van der Waals surface area contributed by atoms with Crippen molar-refractivity contribution in [1.29, 1.82) is 0 Å². The van der Waals surface area contributed by atoms with E-state index in [-0.39, 0.29) is 0 Å². The molecule has 0 bridgehead atoms. The van der Waals surface area contributed by atoms with Gasteiger partial charge in [0.25, 0.3) is 0 Å². The maximum atomic E-state index is 4.24. The Labute approximate surface area is 88.5 Å². The van der Waals surface area contributed by atoms with E-state index < -0.39 is 0 Å². The van der Waals surface area contributed by atoms with Crippen molar-refractivity contribution in [1.82, 2.24) is 0 Å². The molecule has 0 nitrogen and oxygen atoms in total. The molecule has 0 rings (SSSR count). The fourth-order valence-electron chi connectivity index (χ4n) is 1.49. The summed E-state index contributed by atoms with van der Waals surface area (Å²) in [5.41, 5.74) is 1.48. The van der Waals surface area contributed by atoms with Crippen molar-refractivity contribution >= 4 is 12.6 Å². The van der Waals surface area contributed by atoms with Crippen LogP contribution >= 0.6 is 12.6 Å². The van der Waals surface area contributed by atoms with Crippen LogP contribution in [0.5, 0.6) is 0 Å². The minimum absolute atomic E-state index is 0.758. The third-order valence-corrected chi connectivity index (χ3v) is 2.51. The zero-order chi connectivity index (χ0) is 10.3. The Kier molecular flexibility index (Phi) is 7.16. The van der Waals surface area contributed by atoms with Gasteiger partial charge >= 0.3 is 0 Å². The highest BCUT2D eigenvalue weighted by molar-refractivity contribution is 7.84. The van der Waals surface area contributed by atoms with Gasteiger partial charge in [0.1, 0.15) is 0 Å². The first-order valence-corrected chi connectivity index (χ1v) is 5.60. The van der Waals surface area contributed by atoms with Gasteiger partial charge in [-0.1, -0.05) is 38.0 Å². The molecule has 0 N–H and O–H groups in total. The van der Waals surface area contributed by atoms with Gasteiger partial charge in [-0.05, 0) is 37.5 Å². The number of allylic oxidation sites excluding steroid dienone is 4. The Bertz CT molecular complexity index is 185. The molecule has 0 fully saturated rings. The second-order valence-corrected chi connectivity index (χ2v) is 4.32. The number of hydrogen-bond acceptors (Lipinski definition) is 1. The maximum Gasteiger partial charge on any atom is -0.0206 e. The normalized spacial score (nSPS) is 16.1. The van der Waals surface area contributed by atoms with Gasteiger partial charge in [0.05, 0.1) is 0 Å². The minimum atomic E-state index is 0.758. The molecule has 0 amide bonds. The van der Waals surface area contributed by atoms with Crippen LogP contribution in [0.25, 0.3) is 0 Å². The first-order valence-electron chi connectivity index (χ1n) is 5.15. The molecule has 1 unspecified atom stereocenters. The Morgan fingerprint density at radius 3 is 2.23 bits per heavy atom. The zero-order valence-electron chi connectivity index (χ0n) is 9.30. The quantitative estimate of drug-likeness (QED) is 0.484. The molecule has 76 valence electrons. The number of rotatable bonds is 5. The van der Waals surface area contributed by atoms with Crippen molar-refractivity contribution in [3.8, 4) is 0 Å². The minimum Gasteiger partial charge on any atom is -0.148 e. The van der Waals surface area contributed by atoms with Crippen molar-refractivity contribution < 1.29 is 0 Å². The molecule has 0 saturated carbocycles. The summed E-state index contributed by atoms with van der Waals surface area (Å²) in [7, 11) is 0. The first-order chi connectivity index (χ1) is 6.11. The van der Waals surface area contributed by atoms with Crippen LogP contribution in [-0.4, -0.2) is 0 Å². The molecule has 0 aromatic rings. The van der Waals surface area contributed by atoms with Crippen molar-refractivity contribution in [2.24, 2.45) is 5.92 Å². The highest BCUT2D eigenvalue weighted by Crippen LogP contribution is 2.20. The standard InChI is InChI=1S/C12H22S/c1-5-7-12(6-2)10(3)8-9-11(4)13/h8-9,12-13H,5-7H2,1-4H3/b10-8+,11-9+. The molecule has 1 atom stereocenters. The summed E-state index contributed by atoms with van der Waals surface area (Å²) >= 11 is 4.24. The van der Waals surface area contributed by atoms with E-state index in [2.05, 4.69) is 45.6 Å². The zero-order valence-corrected chi connectivity index (χ0v) is 10.2. The monoisotopic (exact) mass is 198 g/mol. The lowest BCUT2D eigenvalue weighted by atomic mass is 9.93. The van der Waals surface area contributed by atoms with Crippen LogP contribution in [0.2, 0.25) is 0 Å². The Hall–Kier alpha value is -0.170. The molecule has 0 aromatic carbocycles. The topological polar surface area (TPSA) is 0 Å². The first kappa shape index (κ1) is 12.8. The van der Waals surface area contributed by atoms with Crippen molar-refractivity contribution in [3.63, 3.8) is 0 Å². The summed E-state index contributed by atoms with van der Waals surface area (Å²) in [6, 6.07) is 0. The predicted molar refractivity (Wildman–Crippen MR) is 65.2 cm³/mol. The molecular formula is C12H22S. The van der Waals surface area contributed by atoms with E-state index in [0.717, 1.165) is 10.8 Å². The largest absolute Gasteiger partial charge is 0.148 e. The van der Waals surface area contributed by atoms with Crippen LogP contribution in [0.1, 0.15) is 47.0 Å². The molecule has 0 aliphatic carbocycles. The van der Waals surface area contributed by atoms with E-state index in [1.54, 1.807) is 0 Å². The summed E-state index contributed by atoms with van der Waals surface area (Å²) in [5.74, 6) is 0.758. The average Bonchev–Trinajstić information content (AvgIpc) is 2.10. The Balaban J connectivity index is 4.26. The van der Waals surface area contributed by atoms with Crippen molar-refractivity contribution in [2.75, 3.05) is 0 Å². The van der Waals surface area contributed by atoms with Gasteiger partial charge in [-0.2, -0.15) is 0 Å². The van der Waals surface area contributed by atoms with Gasteiger partial charge in [0, 0.05) is 0 Å². The van der Waals surface area contributed by atoms with Gasteiger partial charge in [-0.3, -0.25) is 0 Å². The van der Waals surface area contributed by atoms with E-state index >= 15 is 0 Å². The van der Waals surface area contributed by atoms with Crippen LogP contribution < -0.4 is 0 Å². The lowest BCUT2D eigenvalue weighted by molar-refractivity contribution is 0.534. The van der Waals surface area contributed by atoms with Gasteiger partial charge in [-0.15, -0.1) is 12.6 Å². The predicted octanol–water partition coefficient (Wildman–Crippen LogP) is 4.59. The highest BCUT2D eigenvalue weighted by Gasteiger charge is 2.05. The second kappa shape index (κ2) is 7.25. The summed E-state index contributed by atoms with van der Waals surface area (Å²) in [4.78, 5) is 1.07. The fourth-order valence-corrected chi connectivity index (χ4v) is 1.56. The van der Waals surface area contributed by atoms with E-state index in [1.165, 1.54) is 24.8 Å². The van der Waals surface area contributed by atoms with Crippen molar-refractivity contribution in [3.05, 3.63) is 22.6 Å². The smallest absolute Gasteiger partial charge is 0.0206 e. The molecule has 13 heavy (non-hydrogen) atoms. The SMILES string of the molecule is CCCC(CC)/C(C)=C/C=C(\C)S. The molecule has 0 spiro atoms. The average molecular weight is 198 g/mol. The van der Waals surface area contributed by atoms with Gasteiger partial charge < -0.3 is 0 Å². The fraction of sp³-hybridized carbons (Fsp3) is 0.667. The van der Waals surface area contributed by atoms with Gasteiger partial charge in [0.2, 0.25) is 0 Å². The van der Waals surface area contributed by atoms with Crippen LogP contribution in [0, 0.1) is 5.92 Å². The second-order valence-electron chi connectivity index (χ2n) is 3.61. The van der Waals surface area contributed by atoms with E-state index in [0.29, 0.717) is 0 Å². The third-order valence-electron chi connectivity index (χ3n) is 2.36. The van der Waals surface area contributed by atoms with Crippen molar-refractivity contribution in [2.45, 2.75) is 47.0 Å². The molecule has 0 saturated heterocycles. The molecule has 0 aromatic heterocycles. The molecular weight excluding hydrogens is 176 g/mol. The lowest BCUT2D eigenvalue weighted by Crippen LogP contribution is -1.99. The third kappa shape index (κ3) is 5.98. The Morgan fingerprint density at radius 2 is 1.85 bits per heavy atom. The van der Waals surface area contributed by atoms with Crippen LogP contribution in [0.3, 0.4) is 0 Å². The van der Waals surface area contributed by atoms with E-state index in [4.69, 9.17) is 0 Å². The summed E-state index contributed by atoms with van der Waals surface area (Å²) in [5, 5.41) is 0. The summed E-state index contributed by atoms with van der Waals surface area (Å²) in [6.45, 7) is 8.73. The Morgan fingerprint density at radius 1 is 1.23 bits per heavy atom. The lowest BCUT2D eigenvalue weighted by Gasteiger charge is -2.13. The van der Waals surface area contributed by atoms with Crippen LogP contribution in [0.15, 0.2) is 22.6 Å². The van der Waals surface area contributed by atoms with E-state index in [9.17, 15) is 0 Å². The molecule has 0 aliphatic heterocycles. The van der Waals surface area contributed by atoms with Gasteiger partial charge in [0.15, 0.2) is 0 Å². The number of hydrogen-bond donors (Lipinski definition) is 1. The van der Waals surface area contributed by atoms with Crippen LogP contribution in [-0.2, 0) is 0 Å². The highest BCUT2D eigenvalue weighted by atomic mass is 32.1. The summed E-state index contributed by atoms with van der Waals surface area (Å²) in [6.07, 6.45) is 8.10. The summed E-state index contributed by atoms with van der Waals surface area (Å²) < 4.78 is 0. The molecule has 0 radical (unpaired) electrons. The molecule has 0 aliphatic rings. The number of thiol groups is 1. The molecule has 1 heteroatoms. The van der Waals surface area contributed by atoms with Gasteiger partial charge in [-0.25, -0.2) is 0 Å².